The fourth-order valence-corrected chi connectivity index (χ4v) is 5.90. The predicted octanol–water partition coefficient (Wildman–Crippen LogP) is 5.18. The number of halogens is 1. The molecule has 1 heterocycles. The molecule has 1 N–H and O–H groups in total. The number of nitrogens with one attached hydrogen (secondary N) is 1. The third kappa shape index (κ3) is 5.85. The Morgan fingerprint density at radius 1 is 0.970 bits per heavy atom. The highest BCUT2D eigenvalue weighted by atomic mass is 79.9. The van der Waals surface area contributed by atoms with E-state index in [0.717, 1.165) is 14.3 Å². The van der Waals surface area contributed by atoms with Gasteiger partial charge in [-0.25, -0.2) is 8.42 Å². The first-order chi connectivity index (χ1) is 15.8. The van der Waals surface area contributed by atoms with Gasteiger partial charge in [-0.3, -0.25) is 4.79 Å². The maximum atomic E-state index is 13.0. The molecule has 1 saturated heterocycles. The van der Waals surface area contributed by atoms with E-state index in [1.807, 2.05) is 48.5 Å². The first-order valence-electron chi connectivity index (χ1n) is 10.4. The number of hydrogen-bond donors (Lipinski definition) is 1. The number of carbonyl (C=O) groups excluding carboxylic acids is 1. The Morgan fingerprint density at radius 3 is 2.21 bits per heavy atom. The third-order valence-corrected chi connectivity index (χ3v) is 8.66. The number of ether oxygens (including phenoxy) is 1. The molecule has 1 aliphatic rings. The lowest BCUT2D eigenvalue weighted by atomic mass is 10.1. The zero-order chi connectivity index (χ0) is 23.4. The molecule has 1 aliphatic heterocycles. The maximum Gasteiger partial charge on any atom is 0.255 e. The van der Waals surface area contributed by atoms with Gasteiger partial charge >= 0.3 is 0 Å². The van der Waals surface area contributed by atoms with Crippen LogP contribution in [0, 0.1) is 6.92 Å². The Labute approximate surface area is 206 Å². The lowest BCUT2D eigenvalue weighted by Gasteiger charge is -2.26. The average Bonchev–Trinajstić information content (AvgIpc) is 2.82. The molecular weight excluding hydrogens is 524 g/mol. The van der Waals surface area contributed by atoms with E-state index in [0.29, 0.717) is 43.1 Å². The second-order valence-corrected chi connectivity index (χ2v) is 11.5. The van der Waals surface area contributed by atoms with Crippen LogP contribution in [0.25, 0.3) is 0 Å². The Hall–Kier alpha value is -2.17. The summed E-state index contributed by atoms with van der Waals surface area (Å²) in [6.45, 7) is 3.14. The Kier molecular flexibility index (Phi) is 7.55. The van der Waals surface area contributed by atoms with Crippen LogP contribution in [-0.2, 0) is 14.8 Å². The van der Waals surface area contributed by atoms with Crippen molar-refractivity contribution in [1.82, 2.24) is 4.31 Å². The third-order valence-electron chi connectivity index (χ3n) is 5.22. The molecule has 172 valence electrons. The minimum absolute atomic E-state index is 0.112. The van der Waals surface area contributed by atoms with Crippen molar-refractivity contribution in [2.24, 2.45) is 0 Å². The van der Waals surface area contributed by atoms with Crippen LogP contribution in [0.1, 0.15) is 15.9 Å². The Balaban J connectivity index is 1.48. The number of hydrogen-bond acceptors (Lipinski definition) is 5. The topological polar surface area (TPSA) is 75.7 Å². The largest absolute Gasteiger partial charge is 0.379 e. The number of amides is 1. The SMILES string of the molecule is Cc1ccc(S(=O)(=O)N2CCOCC2)cc1C(=O)Nc1ccc(Sc2ccc(Br)cc2)cc1. The van der Waals surface area contributed by atoms with E-state index in [2.05, 4.69) is 21.2 Å². The van der Waals surface area contributed by atoms with Crippen molar-refractivity contribution in [2.45, 2.75) is 21.6 Å². The van der Waals surface area contributed by atoms with Crippen molar-refractivity contribution in [1.29, 1.82) is 0 Å². The number of sulfonamides is 1. The number of nitrogens with zero attached hydrogens (tertiary/aromatic N) is 1. The molecule has 0 bridgehead atoms. The summed E-state index contributed by atoms with van der Waals surface area (Å²) in [6.07, 6.45) is 0. The minimum atomic E-state index is -3.68. The molecule has 3 aromatic carbocycles. The van der Waals surface area contributed by atoms with E-state index in [9.17, 15) is 13.2 Å². The highest BCUT2D eigenvalue weighted by Crippen LogP contribution is 2.29. The highest BCUT2D eigenvalue weighted by molar-refractivity contribution is 9.10. The molecule has 0 aliphatic carbocycles. The molecule has 9 heteroatoms. The van der Waals surface area contributed by atoms with E-state index in [1.54, 1.807) is 30.8 Å². The molecule has 0 radical (unpaired) electrons. The molecular formula is C24H23BrN2O4S2. The van der Waals surface area contributed by atoms with Gasteiger partial charge in [0.15, 0.2) is 0 Å². The number of aryl methyl sites for hydroxylation is 1. The van der Waals surface area contributed by atoms with Crippen molar-refractivity contribution >= 4 is 49.3 Å². The molecule has 1 amide bonds. The molecule has 3 aromatic rings. The van der Waals surface area contributed by atoms with Crippen molar-refractivity contribution in [3.63, 3.8) is 0 Å². The quantitative estimate of drug-likeness (QED) is 0.460. The number of benzene rings is 3. The van der Waals surface area contributed by atoms with Gasteiger partial charge in [-0.05, 0) is 73.2 Å². The van der Waals surface area contributed by atoms with Gasteiger partial charge in [0, 0.05) is 38.6 Å². The summed E-state index contributed by atoms with van der Waals surface area (Å²) in [6, 6.07) is 20.3. The Bertz CT molecular complexity index is 1240. The van der Waals surface area contributed by atoms with E-state index in [-0.39, 0.29) is 10.8 Å². The van der Waals surface area contributed by atoms with Crippen molar-refractivity contribution in [2.75, 3.05) is 31.6 Å². The van der Waals surface area contributed by atoms with E-state index < -0.39 is 10.0 Å². The van der Waals surface area contributed by atoms with Crippen LogP contribution < -0.4 is 5.32 Å². The molecule has 0 atom stereocenters. The number of rotatable bonds is 6. The molecule has 0 spiro atoms. The van der Waals surface area contributed by atoms with Crippen molar-refractivity contribution < 1.29 is 17.9 Å². The zero-order valence-corrected chi connectivity index (χ0v) is 21.2. The van der Waals surface area contributed by atoms with Crippen LogP contribution in [0.15, 0.2) is 85.9 Å². The summed E-state index contributed by atoms with van der Waals surface area (Å²) >= 11 is 5.06. The molecule has 6 nitrogen and oxygen atoms in total. The Morgan fingerprint density at radius 2 is 1.58 bits per heavy atom. The lowest BCUT2D eigenvalue weighted by molar-refractivity contribution is 0.0730. The normalized spacial score (nSPS) is 14.7. The number of morpholine rings is 1. The van der Waals surface area contributed by atoms with Gasteiger partial charge < -0.3 is 10.1 Å². The highest BCUT2D eigenvalue weighted by Gasteiger charge is 2.27. The van der Waals surface area contributed by atoms with Gasteiger partial charge in [0.05, 0.1) is 18.1 Å². The van der Waals surface area contributed by atoms with Gasteiger partial charge in [0.25, 0.3) is 5.91 Å². The van der Waals surface area contributed by atoms with E-state index in [4.69, 9.17) is 4.74 Å². The summed E-state index contributed by atoms with van der Waals surface area (Å²) < 4.78 is 33.6. The van der Waals surface area contributed by atoms with Gasteiger partial charge in [-0.1, -0.05) is 33.8 Å². The van der Waals surface area contributed by atoms with Crippen LogP contribution >= 0.6 is 27.7 Å². The van der Waals surface area contributed by atoms with Crippen LogP contribution in [0.5, 0.6) is 0 Å². The molecule has 33 heavy (non-hydrogen) atoms. The van der Waals surface area contributed by atoms with Gasteiger partial charge in [-0.15, -0.1) is 0 Å². The fourth-order valence-electron chi connectivity index (χ4n) is 3.39. The van der Waals surface area contributed by atoms with E-state index >= 15 is 0 Å². The second-order valence-electron chi connectivity index (χ2n) is 7.53. The monoisotopic (exact) mass is 546 g/mol. The van der Waals surface area contributed by atoms with Gasteiger partial charge in [0.2, 0.25) is 10.0 Å². The summed E-state index contributed by atoms with van der Waals surface area (Å²) in [4.78, 5) is 15.2. The number of carbonyl (C=O) groups is 1. The lowest BCUT2D eigenvalue weighted by Crippen LogP contribution is -2.40. The predicted molar refractivity (Wildman–Crippen MR) is 133 cm³/mol. The van der Waals surface area contributed by atoms with Crippen LogP contribution in [0.3, 0.4) is 0 Å². The minimum Gasteiger partial charge on any atom is -0.379 e. The van der Waals surface area contributed by atoms with Gasteiger partial charge in [0.1, 0.15) is 0 Å². The van der Waals surface area contributed by atoms with Crippen LogP contribution in [0.2, 0.25) is 0 Å². The smallest absolute Gasteiger partial charge is 0.255 e. The number of anilines is 1. The van der Waals surface area contributed by atoms with E-state index in [1.165, 1.54) is 10.4 Å². The molecule has 4 rings (SSSR count). The summed E-state index contributed by atoms with van der Waals surface area (Å²) in [5.41, 5.74) is 1.68. The summed E-state index contributed by atoms with van der Waals surface area (Å²) in [5.74, 6) is -0.347. The van der Waals surface area contributed by atoms with Gasteiger partial charge in [-0.2, -0.15) is 4.31 Å². The fraction of sp³-hybridized carbons (Fsp3) is 0.208. The second kappa shape index (κ2) is 10.4. The summed E-state index contributed by atoms with van der Waals surface area (Å²) in [7, 11) is -3.68. The summed E-state index contributed by atoms with van der Waals surface area (Å²) in [5, 5.41) is 2.87. The standard InChI is InChI=1S/C24H23BrN2O4S2/c1-17-2-11-22(33(29,30)27-12-14-31-15-13-27)16-23(17)24(28)26-19-5-9-21(10-6-19)32-20-7-3-18(25)4-8-20/h2-11,16H,12-15H2,1H3,(H,26,28). The molecule has 1 fully saturated rings. The average molecular weight is 547 g/mol. The zero-order valence-electron chi connectivity index (χ0n) is 18.0. The first-order valence-corrected chi connectivity index (χ1v) is 13.4. The molecule has 0 unspecified atom stereocenters. The molecule has 0 saturated carbocycles. The maximum absolute atomic E-state index is 13.0. The van der Waals surface area contributed by atoms with Crippen molar-refractivity contribution in [3.8, 4) is 0 Å². The van der Waals surface area contributed by atoms with Crippen LogP contribution in [0.4, 0.5) is 5.69 Å². The van der Waals surface area contributed by atoms with Crippen molar-refractivity contribution in [3.05, 3.63) is 82.3 Å². The molecule has 0 aromatic heterocycles. The van der Waals surface area contributed by atoms with Crippen LogP contribution in [-0.4, -0.2) is 44.9 Å². The first kappa shape index (κ1) is 24.0.